The zero-order chi connectivity index (χ0) is 12.3. The lowest BCUT2D eigenvalue weighted by Crippen LogP contribution is -2.41. The first-order valence-corrected chi connectivity index (χ1v) is 7.44. The van der Waals surface area contributed by atoms with Gasteiger partial charge in [-0.1, -0.05) is 18.2 Å². The Morgan fingerprint density at radius 1 is 1.00 bits per heavy atom. The molecule has 17 heavy (non-hydrogen) atoms. The maximum Gasteiger partial charge on any atom is 0.450 e. The molecule has 0 amide bonds. The predicted molar refractivity (Wildman–Crippen MR) is 68.1 cm³/mol. The van der Waals surface area contributed by atoms with Gasteiger partial charge >= 0.3 is 7.94 Å². The van der Waals surface area contributed by atoms with Gasteiger partial charge in [0.25, 0.3) is 0 Å². The fourth-order valence-electron chi connectivity index (χ4n) is 2.11. The number of fused-ring (bicyclic) bond motifs is 2. The summed E-state index contributed by atoms with van der Waals surface area (Å²) in [6, 6.07) is 8.18. The molecule has 1 spiro atoms. The minimum atomic E-state index is -2.33. The minimum Gasteiger partial charge on any atom is -0.169 e. The first-order chi connectivity index (χ1) is 7.86. The smallest absolute Gasteiger partial charge is 0.169 e. The van der Waals surface area contributed by atoms with Gasteiger partial charge in [0.2, 0.25) is 0 Å². The fraction of sp³-hybridized carbons (Fsp3) is 0.538. The van der Waals surface area contributed by atoms with Crippen molar-refractivity contribution in [1.82, 2.24) is 0 Å². The molecule has 2 aliphatic rings. The Labute approximate surface area is 103 Å². The van der Waals surface area contributed by atoms with Crippen LogP contribution < -0.4 is 5.30 Å². The largest absolute Gasteiger partial charge is 0.450 e. The molecule has 0 aromatic heterocycles. The fourth-order valence-corrected chi connectivity index (χ4v) is 5.30. The highest BCUT2D eigenvalue weighted by molar-refractivity contribution is 7.70. The molecule has 1 fully saturated rings. The molecule has 0 radical (unpaired) electrons. The molecule has 0 N–H and O–H groups in total. The highest BCUT2D eigenvalue weighted by atomic mass is 31.2. The van der Waals surface area contributed by atoms with Crippen LogP contribution in [0.3, 0.4) is 0 Å². The molecule has 3 nitrogen and oxygen atoms in total. The van der Waals surface area contributed by atoms with E-state index in [-0.39, 0.29) is 11.2 Å². The van der Waals surface area contributed by atoms with Gasteiger partial charge in [-0.15, -0.1) is 0 Å². The third-order valence-corrected chi connectivity index (χ3v) is 6.71. The van der Waals surface area contributed by atoms with E-state index >= 15 is 0 Å². The number of rotatable bonds is 0. The lowest BCUT2D eigenvalue weighted by molar-refractivity contribution is 0.00578. The molecule has 0 aliphatic carbocycles. The zero-order valence-corrected chi connectivity index (χ0v) is 11.6. The van der Waals surface area contributed by atoms with Crippen molar-refractivity contribution in [3.63, 3.8) is 0 Å². The van der Waals surface area contributed by atoms with E-state index in [1.165, 1.54) is 5.56 Å². The lowest BCUT2D eigenvalue weighted by Gasteiger charge is -2.24. The van der Waals surface area contributed by atoms with Crippen LogP contribution in [0.1, 0.15) is 33.3 Å². The van der Waals surface area contributed by atoms with Crippen molar-refractivity contribution in [3.8, 4) is 0 Å². The van der Waals surface area contributed by atoms with Gasteiger partial charge < -0.3 is 0 Å². The summed E-state index contributed by atoms with van der Waals surface area (Å²) in [6.07, 6.45) is 0. The van der Waals surface area contributed by atoms with Crippen molar-refractivity contribution in [2.45, 2.75) is 45.5 Å². The van der Waals surface area contributed by atoms with E-state index < -0.39 is 7.94 Å². The van der Waals surface area contributed by atoms with E-state index in [0.717, 1.165) is 5.30 Å². The quantitative estimate of drug-likeness (QED) is 0.664. The monoisotopic (exact) mass is 253 g/mol. The Balaban J connectivity index is 2.08. The van der Waals surface area contributed by atoms with Crippen molar-refractivity contribution in [1.29, 1.82) is 0 Å². The van der Waals surface area contributed by atoms with Crippen LogP contribution in [0.2, 0.25) is 0 Å². The molecule has 0 unspecified atom stereocenters. The summed E-state index contributed by atoms with van der Waals surface area (Å²) in [7, 11) is -2.33. The summed E-state index contributed by atoms with van der Waals surface area (Å²) in [5.41, 5.74) is 0.519. The molecule has 1 aromatic carbocycles. The first-order valence-electron chi connectivity index (χ1n) is 5.90. The molecule has 0 atom stereocenters. The molecule has 3 rings (SSSR count). The van der Waals surface area contributed by atoms with Crippen molar-refractivity contribution < 1.29 is 13.6 Å². The van der Waals surface area contributed by atoms with Gasteiger partial charge in [-0.25, -0.2) is 0 Å². The maximum absolute atomic E-state index is 6.21. The molecule has 1 aromatic rings. The summed E-state index contributed by atoms with van der Waals surface area (Å²) in [5, 5.41) is 1.11. The highest BCUT2D eigenvalue weighted by Gasteiger charge is 2.70. The van der Waals surface area contributed by atoms with E-state index in [0.29, 0.717) is 6.61 Å². The van der Waals surface area contributed by atoms with Crippen molar-refractivity contribution >= 4 is 13.2 Å². The molecule has 0 bridgehead atoms. The molecule has 92 valence electrons. The van der Waals surface area contributed by atoms with E-state index in [9.17, 15) is 0 Å². The van der Waals surface area contributed by atoms with Crippen molar-refractivity contribution in [3.05, 3.63) is 29.8 Å². The first kappa shape index (κ1) is 11.6. The SMILES string of the molecule is CC1(C)O[P+]2(OCc3ccccc32)OC1(C)C. The minimum absolute atomic E-state index is 0.335. The van der Waals surface area contributed by atoms with Crippen LogP contribution in [0, 0.1) is 0 Å². The standard InChI is InChI=1S/C13H18O3P/c1-12(2)13(3,4)16-17(15-12)11-8-6-5-7-10(11)9-14-17/h5-8H,9H2,1-4H3/q+1. The third kappa shape index (κ3) is 1.50. The van der Waals surface area contributed by atoms with Crippen LogP contribution in [0.4, 0.5) is 0 Å². The van der Waals surface area contributed by atoms with Gasteiger partial charge in [0.1, 0.15) is 17.8 Å². The summed E-state index contributed by atoms with van der Waals surface area (Å²) in [4.78, 5) is 0. The molecule has 0 saturated carbocycles. The van der Waals surface area contributed by atoms with E-state index in [2.05, 4.69) is 39.8 Å². The number of hydrogen-bond donors (Lipinski definition) is 0. The van der Waals surface area contributed by atoms with Crippen LogP contribution in [-0.2, 0) is 20.2 Å². The maximum atomic E-state index is 6.21. The normalized spacial score (nSPS) is 27.3. The molecular formula is C13H18O3P+. The van der Waals surface area contributed by atoms with Gasteiger partial charge in [0.15, 0.2) is 5.30 Å². The second-order valence-corrected chi connectivity index (χ2v) is 7.70. The number of benzene rings is 1. The Morgan fingerprint density at radius 3 is 2.24 bits per heavy atom. The number of hydrogen-bond acceptors (Lipinski definition) is 3. The van der Waals surface area contributed by atoms with E-state index in [1.807, 2.05) is 12.1 Å². The van der Waals surface area contributed by atoms with Gasteiger partial charge in [0, 0.05) is 5.56 Å². The third-order valence-electron chi connectivity index (χ3n) is 3.82. The predicted octanol–water partition coefficient (Wildman–Crippen LogP) is 3.21. The Bertz CT molecular complexity index is 451. The average molecular weight is 253 g/mol. The molecular weight excluding hydrogens is 235 g/mol. The summed E-state index contributed by atoms with van der Waals surface area (Å²) >= 11 is 0. The van der Waals surface area contributed by atoms with Crippen LogP contribution in [0.5, 0.6) is 0 Å². The van der Waals surface area contributed by atoms with Gasteiger partial charge in [-0.3, -0.25) is 0 Å². The summed E-state index contributed by atoms with van der Waals surface area (Å²) in [5.74, 6) is 0. The Morgan fingerprint density at radius 2 is 1.59 bits per heavy atom. The Kier molecular flexibility index (Phi) is 2.25. The lowest BCUT2D eigenvalue weighted by atomic mass is 9.90. The van der Waals surface area contributed by atoms with Gasteiger partial charge in [-0.05, 0) is 33.8 Å². The van der Waals surface area contributed by atoms with E-state index in [4.69, 9.17) is 13.6 Å². The second-order valence-electron chi connectivity index (χ2n) is 5.60. The average Bonchev–Trinajstić information content (AvgIpc) is 2.65. The van der Waals surface area contributed by atoms with Crippen molar-refractivity contribution in [2.75, 3.05) is 0 Å². The molecule has 2 heterocycles. The topological polar surface area (TPSA) is 27.7 Å². The zero-order valence-electron chi connectivity index (χ0n) is 10.7. The van der Waals surface area contributed by atoms with Crippen molar-refractivity contribution in [2.24, 2.45) is 0 Å². The van der Waals surface area contributed by atoms with E-state index in [1.54, 1.807) is 0 Å². The van der Waals surface area contributed by atoms with Gasteiger partial charge in [0.05, 0.1) is 0 Å². The van der Waals surface area contributed by atoms with Crippen LogP contribution >= 0.6 is 7.94 Å². The van der Waals surface area contributed by atoms with Crippen LogP contribution in [-0.4, -0.2) is 11.2 Å². The highest BCUT2D eigenvalue weighted by Crippen LogP contribution is 2.74. The van der Waals surface area contributed by atoms with Crippen LogP contribution in [0.15, 0.2) is 24.3 Å². The summed E-state index contributed by atoms with van der Waals surface area (Å²) in [6.45, 7) is 8.84. The Hall–Kier alpha value is -0.470. The molecule has 4 heteroatoms. The second kappa shape index (κ2) is 3.30. The molecule has 1 saturated heterocycles. The van der Waals surface area contributed by atoms with Gasteiger partial charge in [-0.2, -0.15) is 13.6 Å². The van der Waals surface area contributed by atoms with Crippen LogP contribution in [0.25, 0.3) is 0 Å². The molecule has 2 aliphatic heterocycles. The summed E-state index contributed by atoms with van der Waals surface area (Å²) < 4.78 is 18.3.